The van der Waals surface area contributed by atoms with E-state index in [0.29, 0.717) is 17.9 Å². The molecule has 0 bridgehead atoms. The normalized spacial score (nSPS) is 22.8. The van der Waals surface area contributed by atoms with Crippen LogP contribution in [0.25, 0.3) is 0 Å². The maximum absolute atomic E-state index is 5.26. The quantitative estimate of drug-likeness (QED) is 0.863. The maximum Gasteiger partial charge on any atom is 0.243 e. The van der Waals surface area contributed by atoms with Crippen LogP contribution in [0.2, 0.25) is 0 Å². The van der Waals surface area contributed by atoms with Gasteiger partial charge in [-0.25, -0.2) is 0 Å². The Balaban J connectivity index is 1.89. The zero-order valence-electron chi connectivity index (χ0n) is 11.8. The number of hydrogen-bond acceptors (Lipinski definition) is 5. The monoisotopic (exact) mass is 252 g/mol. The van der Waals surface area contributed by atoms with Crippen LogP contribution >= 0.6 is 0 Å². The SMILES string of the molecule is CNC(C)c1nc(CC2CCN(C(C)C)C2)no1. The van der Waals surface area contributed by atoms with Crippen molar-refractivity contribution in [2.75, 3.05) is 20.1 Å². The minimum Gasteiger partial charge on any atom is -0.338 e. The predicted octanol–water partition coefficient (Wildman–Crippen LogP) is 1.62. The summed E-state index contributed by atoms with van der Waals surface area (Å²) >= 11 is 0. The molecular formula is C13H24N4O. The van der Waals surface area contributed by atoms with Gasteiger partial charge >= 0.3 is 0 Å². The zero-order chi connectivity index (χ0) is 13.1. The van der Waals surface area contributed by atoms with Crippen LogP contribution in [0.4, 0.5) is 0 Å². The van der Waals surface area contributed by atoms with Gasteiger partial charge in [0, 0.05) is 19.0 Å². The van der Waals surface area contributed by atoms with E-state index in [1.807, 2.05) is 14.0 Å². The Bertz CT molecular complexity index is 377. The molecule has 2 atom stereocenters. The highest BCUT2D eigenvalue weighted by atomic mass is 16.5. The third-order valence-electron chi connectivity index (χ3n) is 3.81. The summed E-state index contributed by atoms with van der Waals surface area (Å²) < 4.78 is 5.26. The van der Waals surface area contributed by atoms with E-state index in [9.17, 15) is 0 Å². The highest BCUT2D eigenvalue weighted by molar-refractivity contribution is 4.94. The van der Waals surface area contributed by atoms with Crippen LogP contribution in [0.1, 0.15) is 44.9 Å². The first kappa shape index (κ1) is 13.5. The zero-order valence-corrected chi connectivity index (χ0v) is 11.8. The predicted molar refractivity (Wildman–Crippen MR) is 70.3 cm³/mol. The molecule has 2 heterocycles. The Labute approximate surface area is 109 Å². The minimum absolute atomic E-state index is 0.127. The Morgan fingerprint density at radius 2 is 2.22 bits per heavy atom. The molecule has 0 spiro atoms. The molecule has 1 aliphatic rings. The Morgan fingerprint density at radius 3 is 2.83 bits per heavy atom. The van der Waals surface area contributed by atoms with E-state index in [0.717, 1.165) is 18.8 Å². The van der Waals surface area contributed by atoms with Gasteiger partial charge in [0.15, 0.2) is 5.82 Å². The number of aromatic nitrogens is 2. The van der Waals surface area contributed by atoms with E-state index in [1.165, 1.54) is 13.0 Å². The lowest BCUT2D eigenvalue weighted by atomic mass is 10.0. The lowest BCUT2D eigenvalue weighted by Crippen LogP contribution is -2.28. The van der Waals surface area contributed by atoms with Gasteiger partial charge in [0.1, 0.15) is 0 Å². The minimum atomic E-state index is 0.127. The second kappa shape index (κ2) is 5.80. The number of nitrogens with zero attached hydrogens (tertiary/aromatic N) is 3. The van der Waals surface area contributed by atoms with Crippen molar-refractivity contribution in [3.05, 3.63) is 11.7 Å². The van der Waals surface area contributed by atoms with Crippen LogP contribution in [0.5, 0.6) is 0 Å². The van der Waals surface area contributed by atoms with Crippen molar-refractivity contribution in [1.82, 2.24) is 20.4 Å². The molecule has 1 aliphatic heterocycles. The fourth-order valence-corrected chi connectivity index (χ4v) is 2.41. The summed E-state index contributed by atoms with van der Waals surface area (Å²) in [6, 6.07) is 0.766. The van der Waals surface area contributed by atoms with Gasteiger partial charge in [-0.05, 0) is 46.7 Å². The first-order chi connectivity index (χ1) is 8.60. The maximum atomic E-state index is 5.26. The topological polar surface area (TPSA) is 54.2 Å². The van der Waals surface area contributed by atoms with Gasteiger partial charge < -0.3 is 14.7 Å². The molecule has 5 nitrogen and oxygen atoms in total. The van der Waals surface area contributed by atoms with Crippen molar-refractivity contribution < 1.29 is 4.52 Å². The lowest BCUT2D eigenvalue weighted by molar-refractivity contribution is 0.264. The average molecular weight is 252 g/mol. The summed E-state index contributed by atoms with van der Waals surface area (Å²) in [5.41, 5.74) is 0. The molecule has 0 amide bonds. The summed E-state index contributed by atoms with van der Waals surface area (Å²) in [4.78, 5) is 6.97. The van der Waals surface area contributed by atoms with Crippen LogP contribution in [-0.2, 0) is 6.42 Å². The standard InChI is InChI=1S/C13H24N4O/c1-9(2)17-6-5-11(8-17)7-12-15-13(18-16-12)10(3)14-4/h9-11,14H,5-8H2,1-4H3. The number of nitrogens with one attached hydrogen (secondary N) is 1. The third kappa shape index (κ3) is 3.09. The molecule has 0 saturated carbocycles. The summed E-state index contributed by atoms with van der Waals surface area (Å²) in [5.74, 6) is 2.21. The lowest BCUT2D eigenvalue weighted by Gasteiger charge is -2.19. The molecule has 1 aromatic heterocycles. The second-order valence-corrected chi connectivity index (χ2v) is 5.51. The van der Waals surface area contributed by atoms with E-state index in [-0.39, 0.29) is 6.04 Å². The second-order valence-electron chi connectivity index (χ2n) is 5.51. The highest BCUT2D eigenvalue weighted by Crippen LogP contribution is 2.22. The molecule has 1 aromatic rings. The molecule has 0 aromatic carbocycles. The Kier molecular flexibility index (Phi) is 4.35. The molecule has 0 radical (unpaired) electrons. The van der Waals surface area contributed by atoms with Gasteiger partial charge in [-0.3, -0.25) is 0 Å². The summed E-state index contributed by atoms with van der Waals surface area (Å²) in [7, 11) is 1.89. The van der Waals surface area contributed by atoms with Crippen molar-refractivity contribution in [3.8, 4) is 0 Å². The molecular weight excluding hydrogens is 228 g/mol. The Hall–Kier alpha value is -0.940. The van der Waals surface area contributed by atoms with E-state index >= 15 is 0 Å². The van der Waals surface area contributed by atoms with Crippen molar-refractivity contribution in [2.24, 2.45) is 5.92 Å². The van der Waals surface area contributed by atoms with Crippen LogP contribution in [0.15, 0.2) is 4.52 Å². The van der Waals surface area contributed by atoms with Gasteiger partial charge in [-0.1, -0.05) is 5.16 Å². The van der Waals surface area contributed by atoms with Gasteiger partial charge in [0.25, 0.3) is 0 Å². The van der Waals surface area contributed by atoms with Crippen molar-refractivity contribution >= 4 is 0 Å². The molecule has 0 aliphatic carbocycles. The molecule has 5 heteroatoms. The smallest absolute Gasteiger partial charge is 0.243 e. The van der Waals surface area contributed by atoms with Gasteiger partial charge in [-0.15, -0.1) is 0 Å². The van der Waals surface area contributed by atoms with Gasteiger partial charge in [-0.2, -0.15) is 4.98 Å². The first-order valence-electron chi connectivity index (χ1n) is 6.84. The van der Waals surface area contributed by atoms with Crippen molar-refractivity contribution in [3.63, 3.8) is 0 Å². The summed E-state index contributed by atoms with van der Waals surface area (Å²) in [6.45, 7) is 8.88. The average Bonchev–Trinajstić information content (AvgIpc) is 2.98. The van der Waals surface area contributed by atoms with E-state index in [4.69, 9.17) is 4.52 Å². The number of rotatable bonds is 5. The molecule has 1 N–H and O–H groups in total. The number of likely N-dealkylation sites (tertiary alicyclic amines) is 1. The molecule has 1 saturated heterocycles. The van der Waals surface area contributed by atoms with Gasteiger partial charge in [0.2, 0.25) is 5.89 Å². The van der Waals surface area contributed by atoms with Crippen LogP contribution in [-0.4, -0.2) is 41.2 Å². The summed E-state index contributed by atoms with van der Waals surface area (Å²) in [5, 5.41) is 7.18. The fraction of sp³-hybridized carbons (Fsp3) is 0.846. The van der Waals surface area contributed by atoms with E-state index in [2.05, 4.69) is 34.2 Å². The molecule has 2 unspecified atom stereocenters. The van der Waals surface area contributed by atoms with Gasteiger partial charge in [0.05, 0.1) is 6.04 Å². The van der Waals surface area contributed by atoms with Crippen LogP contribution in [0.3, 0.4) is 0 Å². The van der Waals surface area contributed by atoms with E-state index in [1.54, 1.807) is 0 Å². The molecule has 18 heavy (non-hydrogen) atoms. The molecule has 102 valence electrons. The van der Waals surface area contributed by atoms with Crippen molar-refractivity contribution in [2.45, 2.75) is 45.7 Å². The van der Waals surface area contributed by atoms with Crippen LogP contribution < -0.4 is 5.32 Å². The molecule has 2 rings (SSSR count). The largest absolute Gasteiger partial charge is 0.338 e. The first-order valence-corrected chi connectivity index (χ1v) is 6.84. The summed E-state index contributed by atoms with van der Waals surface area (Å²) in [6.07, 6.45) is 2.17. The number of hydrogen-bond donors (Lipinski definition) is 1. The van der Waals surface area contributed by atoms with Crippen LogP contribution in [0, 0.1) is 5.92 Å². The van der Waals surface area contributed by atoms with Crippen molar-refractivity contribution in [1.29, 1.82) is 0 Å². The Morgan fingerprint density at radius 1 is 1.44 bits per heavy atom. The third-order valence-corrected chi connectivity index (χ3v) is 3.81. The van der Waals surface area contributed by atoms with E-state index < -0.39 is 0 Å². The fourth-order valence-electron chi connectivity index (χ4n) is 2.41. The molecule has 1 fully saturated rings. The highest BCUT2D eigenvalue weighted by Gasteiger charge is 2.26.